The van der Waals surface area contributed by atoms with Gasteiger partial charge in [0.1, 0.15) is 36.3 Å². The van der Waals surface area contributed by atoms with E-state index < -0.39 is 5.79 Å². The third kappa shape index (κ3) is 3.17. The zero-order valence-corrected chi connectivity index (χ0v) is 18.3. The fraction of sp³-hybridized carbons (Fsp3) is 0.727. The van der Waals surface area contributed by atoms with E-state index >= 15 is 0 Å². The number of anilines is 1. The standard InChI is InChI=1S/C22H32N6O3/c1-21(2)30-18-16(12-27-11-3-6-22(27)7-9-24-10-8-22)29-17(19(18)31-21)14-4-5-15-20(23)25-13-26-28(14)15/h4-5,13,16-19,24H,3,6-12H2,1-2H3,(H2,23,25,26)/t16-,17+,18-,19+/m1/s1. The number of hydrogen-bond acceptors (Lipinski definition) is 8. The molecule has 0 unspecified atom stereocenters. The second-order valence-corrected chi connectivity index (χ2v) is 9.88. The van der Waals surface area contributed by atoms with Crippen LogP contribution in [0.5, 0.6) is 0 Å². The Morgan fingerprint density at radius 1 is 1.16 bits per heavy atom. The Morgan fingerprint density at radius 3 is 2.81 bits per heavy atom. The minimum absolute atomic E-state index is 0.0497. The van der Waals surface area contributed by atoms with Crippen molar-refractivity contribution in [2.45, 2.75) is 75.3 Å². The molecule has 31 heavy (non-hydrogen) atoms. The van der Waals surface area contributed by atoms with Gasteiger partial charge in [-0.3, -0.25) is 4.90 Å². The van der Waals surface area contributed by atoms with Crippen LogP contribution in [0.4, 0.5) is 5.82 Å². The predicted octanol–water partition coefficient (Wildman–Crippen LogP) is 1.49. The molecule has 0 bridgehead atoms. The Hall–Kier alpha value is -1.78. The molecule has 0 aromatic carbocycles. The third-order valence-corrected chi connectivity index (χ3v) is 7.63. The first-order chi connectivity index (χ1) is 15.0. The van der Waals surface area contributed by atoms with Gasteiger partial charge in [-0.15, -0.1) is 0 Å². The lowest BCUT2D eigenvalue weighted by molar-refractivity contribution is -0.191. The number of rotatable bonds is 3. The summed E-state index contributed by atoms with van der Waals surface area (Å²) in [7, 11) is 0. The highest BCUT2D eigenvalue weighted by Crippen LogP contribution is 2.47. The maximum atomic E-state index is 6.68. The van der Waals surface area contributed by atoms with E-state index in [1.165, 1.54) is 32.0 Å². The van der Waals surface area contributed by atoms with Crippen molar-refractivity contribution in [2.75, 3.05) is 31.9 Å². The van der Waals surface area contributed by atoms with E-state index in [9.17, 15) is 0 Å². The average Bonchev–Trinajstić information content (AvgIpc) is 3.47. The average molecular weight is 429 g/mol. The van der Waals surface area contributed by atoms with Gasteiger partial charge < -0.3 is 25.3 Å². The fourth-order valence-electron chi connectivity index (χ4n) is 6.21. The summed E-state index contributed by atoms with van der Waals surface area (Å²) in [5.74, 6) is -0.171. The molecule has 9 nitrogen and oxygen atoms in total. The van der Waals surface area contributed by atoms with Crippen LogP contribution < -0.4 is 11.1 Å². The summed E-state index contributed by atoms with van der Waals surface area (Å²) in [5.41, 5.74) is 8.08. The van der Waals surface area contributed by atoms with Crippen LogP contribution in [0.3, 0.4) is 0 Å². The van der Waals surface area contributed by atoms with Crippen LogP contribution >= 0.6 is 0 Å². The molecule has 4 atom stereocenters. The second-order valence-electron chi connectivity index (χ2n) is 9.88. The number of nitrogen functional groups attached to an aromatic ring is 1. The summed E-state index contributed by atoms with van der Waals surface area (Å²) in [4.78, 5) is 6.78. The summed E-state index contributed by atoms with van der Waals surface area (Å²) in [6, 6.07) is 3.96. The molecule has 6 rings (SSSR count). The van der Waals surface area contributed by atoms with Gasteiger partial charge in [0.2, 0.25) is 0 Å². The van der Waals surface area contributed by atoms with Crippen LogP contribution in [0.25, 0.3) is 5.52 Å². The molecule has 4 aliphatic rings. The number of likely N-dealkylation sites (tertiary alicyclic amines) is 1. The van der Waals surface area contributed by atoms with Crippen LogP contribution in [-0.2, 0) is 14.2 Å². The molecule has 1 spiro atoms. The van der Waals surface area contributed by atoms with E-state index in [1.807, 2.05) is 30.5 Å². The van der Waals surface area contributed by atoms with Gasteiger partial charge in [0.05, 0.1) is 5.69 Å². The molecular formula is C22H32N6O3. The normalized spacial score (nSPS) is 34.6. The number of fused-ring (bicyclic) bond motifs is 2. The minimum atomic E-state index is -0.631. The Morgan fingerprint density at radius 2 is 1.97 bits per heavy atom. The van der Waals surface area contributed by atoms with Gasteiger partial charge in [-0.25, -0.2) is 9.50 Å². The zero-order valence-electron chi connectivity index (χ0n) is 18.3. The number of hydrogen-bond donors (Lipinski definition) is 2. The van der Waals surface area contributed by atoms with Gasteiger partial charge in [-0.2, -0.15) is 5.10 Å². The van der Waals surface area contributed by atoms with Crippen molar-refractivity contribution in [2.24, 2.45) is 0 Å². The smallest absolute Gasteiger partial charge is 0.164 e. The Labute approximate surface area is 182 Å². The number of piperidine rings is 1. The van der Waals surface area contributed by atoms with E-state index in [-0.39, 0.29) is 24.4 Å². The van der Waals surface area contributed by atoms with Gasteiger partial charge in [-0.1, -0.05) is 0 Å². The van der Waals surface area contributed by atoms with Gasteiger partial charge >= 0.3 is 0 Å². The van der Waals surface area contributed by atoms with Crippen molar-refractivity contribution in [3.63, 3.8) is 0 Å². The second kappa shape index (κ2) is 7.11. The molecule has 2 aromatic heterocycles. The summed E-state index contributed by atoms with van der Waals surface area (Å²) >= 11 is 0. The molecule has 3 N–H and O–H groups in total. The first-order valence-electron chi connectivity index (χ1n) is 11.5. The Balaban J connectivity index is 1.31. The van der Waals surface area contributed by atoms with Crippen molar-refractivity contribution in [3.8, 4) is 0 Å². The summed E-state index contributed by atoms with van der Waals surface area (Å²) in [6.07, 6.45) is 5.83. The molecule has 4 fully saturated rings. The van der Waals surface area contributed by atoms with Gasteiger partial charge in [0.15, 0.2) is 11.6 Å². The lowest BCUT2D eigenvalue weighted by atomic mass is 9.85. The predicted molar refractivity (Wildman–Crippen MR) is 114 cm³/mol. The first-order valence-corrected chi connectivity index (χ1v) is 11.5. The molecule has 4 saturated heterocycles. The highest BCUT2D eigenvalue weighted by Gasteiger charge is 2.57. The largest absolute Gasteiger partial charge is 0.382 e. The Kier molecular flexibility index (Phi) is 4.56. The van der Waals surface area contributed by atoms with Gasteiger partial charge in [0, 0.05) is 12.1 Å². The van der Waals surface area contributed by atoms with Crippen molar-refractivity contribution in [1.29, 1.82) is 0 Å². The maximum absolute atomic E-state index is 6.68. The summed E-state index contributed by atoms with van der Waals surface area (Å²) in [6.45, 7) is 8.17. The van der Waals surface area contributed by atoms with E-state index in [2.05, 4.69) is 20.3 Å². The number of nitrogens with two attached hydrogens (primary N) is 1. The molecule has 168 valence electrons. The minimum Gasteiger partial charge on any atom is -0.382 e. The van der Waals surface area contributed by atoms with Crippen LogP contribution in [0.1, 0.15) is 51.3 Å². The van der Waals surface area contributed by atoms with Crippen molar-refractivity contribution < 1.29 is 14.2 Å². The molecule has 0 radical (unpaired) electrons. The van der Waals surface area contributed by atoms with Crippen LogP contribution in [-0.4, -0.2) is 75.3 Å². The molecule has 0 saturated carbocycles. The van der Waals surface area contributed by atoms with E-state index in [1.54, 1.807) is 0 Å². The quantitative estimate of drug-likeness (QED) is 0.759. The molecule has 0 amide bonds. The molecule has 6 heterocycles. The highest BCUT2D eigenvalue weighted by molar-refractivity contribution is 5.65. The molecule has 4 aliphatic heterocycles. The van der Waals surface area contributed by atoms with Crippen molar-refractivity contribution >= 4 is 11.3 Å². The molecular weight excluding hydrogens is 396 g/mol. The van der Waals surface area contributed by atoms with E-state index in [0.29, 0.717) is 11.4 Å². The molecule has 2 aromatic rings. The molecule has 0 aliphatic carbocycles. The Bertz CT molecular complexity index is 971. The first kappa shape index (κ1) is 19.9. The number of nitrogens with one attached hydrogen (secondary N) is 1. The van der Waals surface area contributed by atoms with E-state index in [4.69, 9.17) is 19.9 Å². The number of nitrogens with zero attached hydrogens (tertiary/aromatic N) is 4. The summed E-state index contributed by atoms with van der Waals surface area (Å²) in [5, 5.41) is 7.94. The fourth-order valence-corrected chi connectivity index (χ4v) is 6.21. The lowest BCUT2D eigenvalue weighted by Gasteiger charge is -2.43. The van der Waals surface area contributed by atoms with Crippen molar-refractivity contribution in [1.82, 2.24) is 24.8 Å². The van der Waals surface area contributed by atoms with Gasteiger partial charge in [0.25, 0.3) is 0 Å². The highest BCUT2D eigenvalue weighted by atomic mass is 16.8. The lowest BCUT2D eigenvalue weighted by Crippen LogP contribution is -2.54. The third-order valence-electron chi connectivity index (χ3n) is 7.63. The zero-order chi connectivity index (χ0) is 21.2. The van der Waals surface area contributed by atoms with E-state index in [0.717, 1.165) is 37.4 Å². The molecule has 9 heteroatoms. The maximum Gasteiger partial charge on any atom is 0.164 e. The SMILES string of the molecule is CC1(C)O[C@@H]2[C@H](O1)[C@@H](CN1CCCC13CCNCC3)O[C@H]2c1ccc2c(N)ncnn12. The number of aromatic nitrogens is 3. The van der Waals surface area contributed by atoms with Crippen molar-refractivity contribution in [3.05, 3.63) is 24.2 Å². The van der Waals surface area contributed by atoms with Crippen LogP contribution in [0, 0.1) is 0 Å². The van der Waals surface area contributed by atoms with Crippen LogP contribution in [0.15, 0.2) is 18.5 Å². The monoisotopic (exact) mass is 428 g/mol. The van der Waals surface area contributed by atoms with Gasteiger partial charge in [-0.05, 0) is 71.3 Å². The topological polar surface area (TPSA) is 99.2 Å². The van der Waals surface area contributed by atoms with Crippen LogP contribution in [0.2, 0.25) is 0 Å². The number of ether oxygens (including phenoxy) is 3. The summed E-state index contributed by atoms with van der Waals surface area (Å²) < 4.78 is 21.2.